The fourth-order valence-corrected chi connectivity index (χ4v) is 2.03. The second-order valence-corrected chi connectivity index (χ2v) is 4.35. The summed E-state index contributed by atoms with van der Waals surface area (Å²) >= 11 is 0. The molecule has 0 aromatic heterocycles. The van der Waals surface area contributed by atoms with Crippen molar-refractivity contribution in [3.8, 4) is 5.75 Å². The van der Waals surface area contributed by atoms with Crippen LogP contribution in [0.15, 0.2) is 54.6 Å². The number of rotatable bonds is 5. The Morgan fingerprint density at radius 1 is 1.10 bits per heavy atom. The maximum absolute atomic E-state index is 12.3. The van der Waals surface area contributed by atoms with Crippen LogP contribution in [0.3, 0.4) is 0 Å². The van der Waals surface area contributed by atoms with Gasteiger partial charge in [-0.3, -0.25) is 4.79 Å². The van der Waals surface area contributed by atoms with Gasteiger partial charge in [0.25, 0.3) is 5.91 Å². The van der Waals surface area contributed by atoms with Crippen LogP contribution in [0.4, 0.5) is 8.78 Å². The van der Waals surface area contributed by atoms with E-state index in [-0.39, 0.29) is 16.9 Å². The lowest BCUT2D eigenvalue weighted by atomic mass is 9.85. The Labute approximate surface area is 119 Å². The van der Waals surface area contributed by atoms with Crippen molar-refractivity contribution in [2.45, 2.75) is 12.2 Å². The van der Waals surface area contributed by atoms with E-state index >= 15 is 0 Å². The van der Waals surface area contributed by atoms with Crippen molar-refractivity contribution in [1.82, 2.24) is 0 Å². The molecule has 0 aliphatic heterocycles. The molecule has 0 bridgehead atoms. The van der Waals surface area contributed by atoms with E-state index in [1.165, 1.54) is 30.3 Å². The number of hydrogen-bond acceptors (Lipinski definition) is 3. The van der Waals surface area contributed by atoms with Crippen LogP contribution < -0.4 is 10.5 Å². The molecule has 6 heteroatoms. The molecule has 0 aliphatic rings. The van der Waals surface area contributed by atoms with E-state index in [0.29, 0.717) is 0 Å². The number of carbonyl (C=O) groups excluding carboxylic acids is 1. The Morgan fingerprint density at radius 3 is 2.29 bits per heavy atom. The van der Waals surface area contributed by atoms with Crippen LogP contribution in [0.2, 0.25) is 0 Å². The van der Waals surface area contributed by atoms with Crippen LogP contribution >= 0.6 is 0 Å². The van der Waals surface area contributed by atoms with Gasteiger partial charge in [-0.05, 0) is 17.7 Å². The van der Waals surface area contributed by atoms with E-state index in [4.69, 9.17) is 5.73 Å². The van der Waals surface area contributed by atoms with Gasteiger partial charge in [0, 0.05) is 5.56 Å². The molecule has 2 aromatic rings. The van der Waals surface area contributed by atoms with Crippen LogP contribution in [-0.4, -0.2) is 17.6 Å². The zero-order valence-corrected chi connectivity index (χ0v) is 10.9. The summed E-state index contributed by atoms with van der Waals surface area (Å²) in [5, 5.41) is 10.7. The molecule has 0 heterocycles. The Morgan fingerprint density at radius 2 is 1.71 bits per heavy atom. The Kier molecular flexibility index (Phi) is 4.18. The lowest BCUT2D eigenvalue weighted by Crippen LogP contribution is -2.42. The molecular weight excluding hydrogens is 280 g/mol. The first-order valence-electron chi connectivity index (χ1n) is 6.07. The highest BCUT2D eigenvalue weighted by molar-refractivity contribution is 5.88. The van der Waals surface area contributed by atoms with E-state index in [1.807, 2.05) is 0 Å². The molecule has 0 radical (unpaired) electrons. The highest BCUT2D eigenvalue weighted by atomic mass is 19.3. The number of hydrogen-bond donors (Lipinski definition) is 2. The molecule has 1 unspecified atom stereocenters. The van der Waals surface area contributed by atoms with Crippen molar-refractivity contribution in [3.63, 3.8) is 0 Å². The minimum atomic E-state index is -3.00. The quantitative estimate of drug-likeness (QED) is 0.885. The van der Waals surface area contributed by atoms with Gasteiger partial charge in [0.1, 0.15) is 5.75 Å². The summed E-state index contributed by atoms with van der Waals surface area (Å²) in [4.78, 5) is 11.7. The minimum Gasteiger partial charge on any atom is -0.435 e. The first-order chi connectivity index (χ1) is 9.94. The summed E-state index contributed by atoms with van der Waals surface area (Å²) in [5.74, 6) is -1.18. The predicted molar refractivity (Wildman–Crippen MR) is 71.7 cm³/mol. The molecule has 0 saturated heterocycles. The minimum absolute atomic E-state index is 0.0550. The second kappa shape index (κ2) is 5.88. The van der Waals surface area contributed by atoms with Crippen molar-refractivity contribution in [3.05, 3.63) is 65.7 Å². The number of ether oxygens (including phenoxy) is 1. The number of halogens is 2. The monoisotopic (exact) mass is 293 g/mol. The molecule has 1 amide bonds. The largest absolute Gasteiger partial charge is 0.435 e. The molecule has 110 valence electrons. The van der Waals surface area contributed by atoms with Crippen LogP contribution in [0.1, 0.15) is 11.1 Å². The van der Waals surface area contributed by atoms with Crippen molar-refractivity contribution >= 4 is 5.91 Å². The fraction of sp³-hybridized carbons (Fsp3) is 0.133. The molecule has 2 rings (SSSR count). The summed E-state index contributed by atoms with van der Waals surface area (Å²) in [6.45, 7) is -3.00. The van der Waals surface area contributed by atoms with Crippen LogP contribution in [0.5, 0.6) is 5.75 Å². The topological polar surface area (TPSA) is 72.6 Å². The third-order valence-electron chi connectivity index (χ3n) is 3.03. The summed E-state index contributed by atoms with van der Waals surface area (Å²) in [7, 11) is 0. The van der Waals surface area contributed by atoms with E-state index in [1.54, 1.807) is 18.2 Å². The van der Waals surface area contributed by atoms with Gasteiger partial charge < -0.3 is 15.6 Å². The van der Waals surface area contributed by atoms with Crippen molar-refractivity contribution in [2.24, 2.45) is 5.73 Å². The first-order valence-corrected chi connectivity index (χ1v) is 6.07. The van der Waals surface area contributed by atoms with Gasteiger partial charge in [-0.25, -0.2) is 0 Å². The van der Waals surface area contributed by atoms with E-state index < -0.39 is 18.1 Å². The van der Waals surface area contributed by atoms with Crippen LogP contribution in [0, 0.1) is 0 Å². The Hall–Kier alpha value is -2.47. The highest BCUT2D eigenvalue weighted by Crippen LogP contribution is 2.31. The molecule has 0 spiro atoms. The number of carbonyl (C=O) groups is 1. The highest BCUT2D eigenvalue weighted by Gasteiger charge is 2.38. The lowest BCUT2D eigenvalue weighted by molar-refractivity contribution is -0.133. The lowest BCUT2D eigenvalue weighted by Gasteiger charge is -2.26. The van der Waals surface area contributed by atoms with Gasteiger partial charge in [-0.15, -0.1) is 0 Å². The smallest absolute Gasteiger partial charge is 0.387 e. The number of alkyl halides is 2. The molecular formula is C15H13F2NO3. The van der Waals surface area contributed by atoms with E-state index in [9.17, 15) is 18.7 Å². The van der Waals surface area contributed by atoms with Crippen LogP contribution in [-0.2, 0) is 10.4 Å². The average molecular weight is 293 g/mol. The first kappa shape index (κ1) is 14.9. The summed E-state index contributed by atoms with van der Waals surface area (Å²) in [5.41, 5.74) is 3.48. The molecule has 2 aromatic carbocycles. The molecule has 0 aliphatic carbocycles. The fourth-order valence-electron chi connectivity index (χ4n) is 2.03. The van der Waals surface area contributed by atoms with Crippen molar-refractivity contribution in [2.75, 3.05) is 0 Å². The number of primary amides is 1. The molecule has 3 N–H and O–H groups in total. The third-order valence-corrected chi connectivity index (χ3v) is 3.03. The van der Waals surface area contributed by atoms with Crippen molar-refractivity contribution < 1.29 is 23.4 Å². The maximum Gasteiger partial charge on any atom is 0.387 e. The van der Waals surface area contributed by atoms with Crippen molar-refractivity contribution in [1.29, 1.82) is 0 Å². The normalized spacial score (nSPS) is 13.7. The molecule has 21 heavy (non-hydrogen) atoms. The second-order valence-electron chi connectivity index (χ2n) is 4.35. The van der Waals surface area contributed by atoms with Gasteiger partial charge in [0.15, 0.2) is 5.60 Å². The van der Waals surface area contributed by atoms with E-state index in [0.717, 1.165) is 6.07 Å². The SMILES string of the molecule is NC(=O)C(O)(c1ccccc1)c1cccc(OC(F)F)c1. The number of aliphatic hydroxyl groups is 1. The van der Waals surface area contributed by atoms with Gasteiger partial charge >= 0.3 is 6.61 Å². The van der Waals surface area contributed by atoms with Gasteiger partial charge in [-0.1, -0.05) is 42.5 Å². The standard InChI is InChI=1S/C15H13F2NO3/c16-14(17)21-12-8-4-7-11(9-12)15(20,13(18)19)10-5-2-1-3-6-10/h1-9,14,20H,(H2,18,19). The predicted octanol–water partition coefficient (Wildman–Crippen LogP) is 2.01. The summed E-state index contributed by atoms with van der Waals surface area (Å²) in [6.07, 6.45) is 0. The summed E-state index contributed by atoms with van der Waals surface area (Å²) < 4.78 is 28.8. The summed E-state index contributed by atoms with van der Waals surface area (Å²) in [6, 6.07) is 13.3. The Balaban J connectivity index is 2.51. The average Bonchev–Trinajstić information content (AvgIpc) is 2.46. The molecule has 0 fully saturated rings. The molecule has 4 nitrogen and oxygen atoms in total. The van der Waals surface area contributed by atoms with Gasteiger partial charge in [0.05, 0.1) is 0 Å². The number of nitrogens with two attached hydrogens (primary N) is 1. The number of benzene rings is 2. The zero-order valence-electron chi connectivity index (χ0n) is 10.9. The van der Waals surface area contributed by atoms with Gasteiger partial charge in [0.2, 0.25) is 0 Å². The Bertz CT molecular complexity index is 634. The molecule has 1 atom stereocenters. The zero-order chi connectivity index (χ0) is 15.5. The molecule has 0 saturated carbocycles. The third kappa shape index (κ3) is 3.00. The maximum atomic E-state index is 12.3. The van der Waals surface area contributed by atoms with E-state index in [2.05, 4.69) is 4.74 Å². The number of amides is 1. The van der Waals surface area contributed by atoms with Crippen LogP contribution in [0.25, 0.3) is 0 Å². The van der Waals surface area contributed by atoms with Gasteiger partial charge in [-0.2, -0.15) is 8.78 Å².